The first kappa shape index (κ1) is 17.9. The minimum absolute atomic E-state index is 0.0410. The van der Waals surface area contributed by atoms with Crippen LogP contribution in [0.25, 0.3) is 0 Å². The lowest BCUT2D eigenvalue weighted by molar-refractivity contribution is -0.137. The lowest BCUT2D eigenvalue weighted by Crippen LogP contribution is -2.49. The van der Waals surface area contributed by atoms with Crippen LogP contribution in [0.5, 0.6) is 0 Å². The van der Waals surface area contributed by atoms with Crippen LogP contribution in [-0.2, 0) is 14.3 Å². The molecule has 2 fully saturated rings. The van der Waals surface area contributed by atoms with E-state index in [9.17, 15) is 14.4 Å². The Hall–Kier alpha value is -1.89. The van der Waals surface area contributed by atoms with Crippen molar-refractivity contribution in [2.75, 3.05) is 39.9 Å². The SMILES string of the molecule is COCCN1C(=O)CN(C2CCN(C(=O)[C@@H]3CC=CCC3)CC2)C1=O. The molecule has 25 heavy (non-hydrogen) atoms. The molecule has 4 amide bonds. The number of hydrogen-bond donors (Lipinski definition) is 0. The number of imide groups is 1. The number of likely N-dealkylation sites (tertiary alicyclic amines) is 1. The van der Waals surface area contributed by atoms with E-state index in [0.717, 1.165) is 32.1 Å². The molecule has 7 heteroatoms. The third kappa shape index (κ3) is 3.86. The van der Waals surface area contributed by atoms with Crippen LogP contribution in [0, 0.1) is 5.92 Å². The molecule has 0 N–H and O–H groups in total. The lowest BCUT2D eigenvalue weighted by Gasteiger charge is -2.37. The first-order valence-corrected chi connectivity index (χ1v) is 9.15. The maximum Gasteiger partial charge on any atom is 0.327 e. The molecule has 3 rings (SSSR count). The second-order valence-electron chi connectivity index (χ2n) is 6.99. The molecule has 0 aromatic heterocycles. The summed E-state index contributed by atoms with van der Waals surface area (Å²) in [5.74, 6) is 0.198. The highest BCUT2D eigenvalue weighted by Crippen LogP contribution is 2.25. The predicted molar refractivity (Wildman–Crippen MR) is 91.8 cm³/mol. The zero-order valence-corrected chi connectivity index (χ0v) is 14.9. The van der Waals surface area contributed by atoms with E-state index in [2.05, 4.69) is 12.2 Å². The van der Waals surface area contributed by atoms with Crippen molar-refractivity contribution < 1.29 is 19.1 Å². The van der Waals surface area contributed by atoms with Crippen molar-refractivity contribution in [2.45, 2.75) is 38.1 Å². The van der Waals surface area contributed by atoms with Crippen molar-refractivity contribution in [2.24, 2.45) is 5.92 Å². The molecule has 1 atom stereocenters. The van der Waals surface area contributed by atoms with Crippen LogP contribution in [0.1, 0.15) is 32.1 Å². The Kier molecular flexibility index (Phi) is 5.73. The topological polar surface area (TPSA) is 70.2 Å². The first-order valence-electron chi connectivity index (χ1n) is 9.15. The molecule has 138 valence electrons. The number of allylic oxidation sites excluding steroid dienone is 2. The van der Waals surface area contributed by atoms with Gasteiger partial charge < -0.3 is 14.5 Å². The van der Waals surface area contributed by atoms with Gasteiger partial charge in [-0.05, 0) is 32.1 Å². The highest BCUT2D eigenvalue weighted by atomic mass is 16.5. The molecular formula is C18H27N3O4. The number of piperidine rings is 1. The molecule has 0 saturated carbocycles. The van der Waals surface area contributed by atoms with E-state index in [1.807, 2.05) is 4.90 Å². The molecule has 2 saturated heterocycles. The molecule has 0 radical (unpaired) electrons. The Balaban J connectivity index is 1.52. The summed E-state index contributed by atoms with van der Waals surface area (Å²) in [6, 6.07) is -0.177. The average molecular weight is 349 g/mol. The van der Waals surface area contributed by atoms with Crippen molar-refractivity contribution >= 4 is 17.8 Å². The van der Waals surface area contributed by atoms with Gasteiger partial charge in [-0.25, -0.2) is 4.79 Å². The Morgan fingerprint density at radius 3 is 2.60 bits per heavy atom. The van der Waals surface area contributed by atoms with Gasteiger partial charge in [0.1, 0.15) is 6.54 Å². The van der Waals surface area contributed by atoms with Gasteiger partial charge in [0.15, 0.2) is 0 Å². The molecular weight excluding hydrogens is 322 g/mol. The number of nitrogens with zero attached hydrogens (tertiary/aromatic N) is 3. The maximum absolute atomic E-state index is 12.6. The fraction of sp³-hybridized carbons (Fsp3) is 0.722. The van der Waals surface area contributed by atoms with Crippen LogP contribution < -0.4 is 0 Å². The fourth-order valence-corrected chi connectivity index (χ4v) is 3.92. The molecule has 0 aromatic carbocycles. The van der Waals surface area contributed by atoms with Crippen LogP contribution in [0.2, 0.25) is 0 Å². The number of carbonyl (C=O) groups is 3. The van der Waals surface area contributed by atoms with Gasteiger partial charge in [0.05, 0.1) is 13.2 Å². The molecule has 0 spiro atoms. The zero-order chi connectivity index (χ0) is 17.8. The van der Waals surface area contributed by atoms with Crippen molar-refractivity contribution in [3.8, 4) is 0 Å². The van der Waals surface area contributed by atoms with E-state index in [1.54, 1.807) is 12.0 Å². The predicted octanol–water partition coefficient (Wildman–Crippen LogP) is 1.24. The van der Waals surface area contributed by atoms with Gasteiger partial charge in [-0.15, -0.1) is 0 Å². The Morgan fingerprint density at radius 1 is 1.20 bits per heavy atom. The third-order valence-electron chi connectivity index (χ3n) is 5.44. The Labute approximate surface area is 148 Å². The van der Waals surface area contributed by atoms with Crippen molar-refractivity contribution in [1.29, 1.82) is 0 Å². The summed E-state index contributed by atoms with van der Waals surface area (Å²) >= 11 is 0. The molecule has 2 heterocycles. The minimum atomic E-state index is -0.218. The van der Waals surface area contributed by atoms with Gasteiger partial charge in [-0.2, -0.15) is 0 Å². The largest absolute Gasteiger partial charge is 0.383 e. The normalized spacial score (nSPS) is 25.2. The number of hydrogen-bond acceptors (Lipinski definition) is 4. The zero-order valence-electron chi connectivity index (χ0n) is 14.9. The molecule has 0 unspecified atom stereocenters. The number of urea groups is 1. The quantitative estimate of drug-likeness (QED) is 0.553. The minimum Gasteiger partial charge on any atom is -0.383 e. The van der Waals surface area contributed by atoms with Gasteiger partial charge >= 0.3 is 6.03 Å². The highest BCUT2D eigenvalue weighted by molar-refractivity contribution is 6.02. The Bertz CT molecular complexity index is 555. The van der Waals surface area contributed by atoms with Crippen LogP contribution in [-0.4, -0.2) is 78.5 Å². The van der Waals surface area contributed by atoms with E-state index in [1.165, 1.54) is 4.90 Å². The standard InChI is InChI=1S/C18H27N3O4/c1-25-12-11-20-16(22)13-21(18(20)24)15-7-9-19(10-8-15)17(23)14-5-3-2-4-6-14/h2-3,14-15H,4-13H2,1H3/t14-/m1/s1. The van der Waals surface area contributed by atoms with Crippen molar-refractivity contribution in [1.82, 2.24) is 14.7 Å². The van der Waals surface area contributed by atoms with Gasteiger partial charge in [-0.1, -0.05) is 12.2 Å². The number of carbonyl (C=O) groups excluding carboxylic acids is 3. The monoisotopic (exact) mass is 349 g/mol. The first-order chi connectivity index (χ1) is 12.1. The van der Waals surface area contributed by atoms with E-state index in [-0.39, 0.29) is 36.3 Å². The molecule has 3 aliphatic rings. The summed E-state index contributed by atoms with van der Waals surface area (Å²) in [5.41, 5.74) is 0. The van der Waals surface area contributed by atoms with Gasteiger partial charge in [-0.3, -0.25) is 14.5 Å². The molecule has 0 bridgehead atoms. The second-order valence-corrected chi connectivity index (χ2v) is 6.99. The van der Waals surface area contributed by atoms with E-state index < -0.39 is 0 Å². The summed E-state index contributed by atoms with van der Waals surface area (Å²) in [6.45, 7) is 2.14. The second kappa shape index (κ2) is 7.99. The lowest BCUT2D eigenvalue weighted by atomic mass is 9.92. The van der Waals surface area contributed by atoms with Gasteiger partial charge in [0, 0.05) is 32.2 Å². The third-order valence-corrected chi connectivity index (χ3v) is 5.44. The van der Waals surface area contributed by atoms with Crippen LogP contribution >= 0.6 is 0 Å². The summed E-state index contributed by atoms with van der Waals surface area (Å²) < 4.78 is 4.97. The fourth-order valence-electron chi connectivity index (χ4n) is 3.92. The molecule has 7 nitrogen and oxygen atoms in total. The summed E-state index contributed by atoms with van der Waals surface area (Å²) in [4.78, 5) is 42.0. The van der Waals surface area contributed by atoms with E-state index in [0.29, 0.717) is 26.2 Å². The van der Waals surface area contributed by atoms with Gasteiger partial charge in [0.2, 0.25) is 11.8 Å². The summed E-state index contributed by atoms with van der Waals surface area (Å²) in [5, 5.41) is 0. The van der Waals surface area contributed by atoms with Crippen LogP contribution in [0.15, 0.2) is 12.2 Å². The average Bonchev–Trinajstić information content (AvgIpc) is 2.94. The highest BCUT2D eigenvalue weighted by Gasteiger charge is 2.41. The maximum atomic E-state index is 12.6. The molecule has 2 aliphatic heterocycles. The van der Waals surface area contributed by atoms with Crippen molar-refractivity contribution in [3.63, 3.8) is 0 Å². The number of ether oxygens (including phenoxy) is 1. The van der Waals surface area contributed by atoms with Crippen LogP contribution in [0.3, 0.4) is 0 Å². The molecule has 0 aromatic rings. The summed E-state index contributed by atoms with van der Waals surface area (Å²) in [7, 11) is 1.55. The van der Waals surface area contributed by atoms with E-state index in [4.69, 9.17) is 4.74 Å². The van der Waals surface area contributed by atoms with E-state index >= 15 is 0 Å². The smallest absolute Gasteiger partial charge is 0.327 e. The molecule has 1 aliphatic carbocycles. The van der Waals surface area contributed by atoms with Gasteiger partial charge in [0.25, 0.3) is 0 Å². The summed E-state index contributed by atoms with van der Waals surface area (Å²) in [6.07, 6.45) is 8.48. The Morgan fingerprint density at radius 2 is 1.96 bits per heavy atom. The van der Waals surface area contributed by atoms with Crippen molar-refractivity contribution in [3.05, 3.63) is 12.2 Å². The number of amides is 4. The van der Waals surface area contributed by atoms with Crippen LogP contribution in [0.4, 0.5) is 4.79 Å². The number of rotatable bonds is 5. The number of methoxy groups -OCH3 is 1.